The van der Waals surface area contributed by atoms with Crippen molar-refractivity contribution >= 4 is 0 Å². The Morgan fingerprint density at radius 1 is 1.25 bits per heavy atom. The van der Waals surface area contributed by atoms with E-state index in [0.29, 0.717) is 6.10 Å². The molecule has 3 heterocycles. The molecule has 3 aliphatic heterocycles. The van der Waals surface area contributed by atoms with Crippen LogP contribution in [0.15, 0.2) is 0 Å². The first kappa shape index (κ1) is 7.30. The molecule has 3 saturated heterocycles. The average molecular weight is 170 g/mol. The Morgan fingerprint density at radius 2 is 2.08 bits per heavy atom. The largest absolute Gasteiger partial charge is 0.375 e. The highest BCUT2D eigenvalue weighted by Gasteiger charge is 2.60. The van der Waals surface area contributed by atoms with E-state index in [1.165, 1.54) is 0 Å². The Morgan fingerprint density at radius 3 is 3.00 bits per heavy atom. The van der Waals surface area contributed by atoms with Crippen molar-refractivity contribution in [3.05, 3.63) is 0 Å². The van der Waals surface area contributed by atoms with Gasteiger partial charge in [-0.3, -0.25) is 0 Å². The molecule has 0 aliphatic carbocycles. The maximum atomic E-state index is 5.95. The van der Waals surface area contributed by atoms with Gasteiger partial charge in [0.15, 0.2) is 5.79 Å². The van der Waals surface area contributed by atoms with E-state index in [9.17, 15) is 0 Å². The Labute approximate surface area is 72.0 Å². The zero-order valence-corrected chi connectivity index (χ0v) is 7.34. The van der Waals surface area contributed by atoms with Gasteiger partial charge in [0.2, 0.25) is 0 Å². The molecule has 0 radical (unpaired) electrons. The highest BCUT2D eigenvalue weighted by atomic mass is 16.7. The lowest BCUT2D eigenvalue weighted by atomic mass is 9.93. The third-order valence-corrected chi connectivity index (χ3v) is 3.34. The zero-order valence-electron chi connectivity index (χ0n) is 7.34. The maximum Gasteiger partial charge on any atom is 0.168 e. The number of ether oxygens (including phenoxy) is 3. The Hall–Kier alpha value is -0.120. The van der Waals surface area contributed by atoms with E-state index in [1.54, 1.807) is 0 Å². The molecule has 12 heavy (non-hydrogen) atoms. The first-order chi connectivity index (χ1) is 5.73. The summed E-state index contributed by atoms with van der Waals surface area (Å²) in [5, 5.41) is 0. The fourth-order valence-corrected chi connectivity index (χ4v) is 2.72. The Kier molecular flexibility index (Phi) is 1.23. The van der Waals surface area contributed by atoms with Gasteiger partial charge in [0.05, 0.1) is 12.7 Å². The summed E-state index contributed by atoms with van der Waals surface area (Å²) in [7, 11) is 0. The lowest BCUT2D eigenvalue weighted by Gasteiger charge is -2.36. The summed E-state index contributed by atoms with van der Waals surface area (Å²) < 4.78 is 17.2. The lowest BCUT2D eigenvalue weighted by Crippen LogP contribution is -2.43. The van der Waals surface area contributed by atoms with E-state index in [4.69, 9.17) is 14.2 Å². The molecule has 0 N–H and O–H groups in total. The number of hydrogen-bond acceptors (Lipinski definition) is 3. The van der Waals surface area contributed by atoms with Crippen molar-refractivity contribution in [2.45, 2.75) is 43.7 Å². The van der Waals surface area contributed by atoms with Gasteiger partial charge < -0.3 is 14.2 Å². The lowest BCUT2D eigenvalue weighted by molar-refractivity contribution is -0.279. The van der Waals surface area contributed by atoms with Crippen molar-refractivity contribution in [3.8, 4) is 0 Å². The molecule has 3 heteroatoms. The van der Waals surface area contributed by atoms with Crippen LogP contribution in [0.1, 0.15) is 26.2 Å². The Balaban J connectivity index is 1.97. The van der Waals surface area contributed by atoms with Crippen LogP contribution in [-0.2, 0) is 14.2 Å². The molecule has 0 amide bonds. The standard InChI is InChI=1S/C9H14O3/c1-8-6-7-9(12-8,2-4-10-7)3-5-11-8/h7H,2-6H2,1H3/t7-,8-,9-/m1/s1. The number of fused-ring (bicyclic) bond motifs is 1. The van der Waals surface area contributed by atoms with E-state index < -0.39 is 0 Å². The first-order valence-corrected chi connectivity index (χ1v) is 4.68. The van der Waals surface area contributed by atoms with Crippen molar-refractivity contribution in [2.24, 2.45) is 0 Å². The minimum absolute atomic E-state index is 0.0208. The third kappa shape index (κ3) is 0.767. The topological polar surface area (TPSA) is 27.7 Å². The molecule has 3 atom stereocenters. The molecule has 0 aromatic rings. The molecule has 3 aliphatic rings. The van der Waals surface area contributed by atoms with E-state index in [0.717, 1.165) is 32.5 Å². The van der Waals surface area contributed by atoms with Gasteiger partial charge in [-0.25, -0.2) is 0 Å². The second-order valence-electron chi connectivity index (χ2n) is 4.21. The molecule has 3 rings (SSSR count). The fourth-order valence-electron chi connectivity index (χ4n) is 2.72. The quantitative estimate of drug-likeness (QED) is 0.544. The monoisotopic (exact) mass is 170 g/mol. The summed E-state index contributed by atoms with van der Waals surface area (Å²) >= 11 is 0. The van der Waals surface area contributed by atoms with Crippen LogP contribution in [0.25, 0.3) is 0 Å². The molecular formula is C9H14O3. The van der Waals surface area contributed by atoms with Crippen molar-refractivity contribution in [1.29, 1.82) is 0 Å². The maximum absolute atomic E-state index is 5.95. The highest BCUT2D eigenvalue weighted by molar-refractivity contribution is 5.04. The molecule has 0 unspecified atom stereocenters. The summed E-state index contributed by atoms with van der Waals surface area (Å²) in [5.41, 5.74) is 0.0208. The molecule has 1 spiro atoms. The van der Waals surface area contributed by atoms with Gasteiger partial charge >= 0.3 is 0 Å². The van der Waals surface area contributed by atoms with Gasteiger partial charge in [0, 0.05) is 25.9 Å². The minimum Gasteiger partial charge on any atom is -0.375 e. The first-order valence-electron chi connectivity index (χ1n) is 4.68. The predicted octanol–water partition coefficient (Wildman–Crippen LogP) is 1.07. The van der Waals surface area contributed by atoms with Crippen LogP contribution in [0, 0.1) is 0 Å². The molecule has 3 nitrogen and oxygen atoms in total. The van der Waals surface area contributed by atoms with Crippen molar-refractivity contribution in [3.63, 3.8) is 0 Å². The van der Waals surface area contributed by atoms with Gasteiger partial charge in [-0.2, -0.15) is 0 Å². The summed E-state index contributed by atoms with van der Waals surface area (Å²) in [4.78, 5) is 0. The Bertz CT molecular complexity index is 218. The van der Waals surface area contributed by atoms with Gasteiger partial charge in [-0.05, 0) is 6.92 Å². The second kappa shape index (κ2) is 2.03. The van der Waals surface area contributed by atoms with Crippen molar-refractivity contribution in [1.82, 2.24) is 0 Å². The minimum atomic E-state index is -0.344. The van der Waals surface area contributed by atoms with E-state index >= 15 is 0 Å². The second-order valence-corrected chi connectivity index (χ2v) is 4.21. The van der Waals surface area contributed by atoms with Gasteiger partial charge in [0.1, 0.15) is 5.60 Å². The van der Waals surface area contributed by atoms with Gasteiger partial charge in [-0.1, -0.05) is 0 Å². The summed E-state index contributed by atoms with van der Waals surface area (Å²) in [5.74, 6) is -0.344. The van der Waals surface area contributed by atoms with Crippen LogP contribution >= 0.6 is 0 Å². The summed E-state index contributed by atoms with van der Waals surface area (Å²) in [6.45, 7) is 3.71. The molecular weight excluding hydrogens is 156 g/mol. The van der Waals surface area contributed by atoms with Crippen LogP contribution < -0.4 is 0 Å². The normalized spacial score (nSPS) is 57.2. The van der Waals surface area contributed by atoms with E-state index in [-0.39, 0.29) is 11.4 Å². The molecule has 0 saturated carbocycles. The van der Waals surface area contributed by atoms with Crippen molar-refractivity contribution < 1.29 is 14.2 Å². The summed E-state index contributed by atoms with van der Waals surface area (Å²) in [6.07, 6.45) is 3.27. The molecule has 0 aromatic carbocycles. The van der Waals surface area contributed by atoms with Crippen LogP contribution in [-0.4, -0.2) is 30.7 Å². The van der Waals surface area contributed by atoms with Crippen LogP contribution in [0.4, 0.5) is 0 Å². The van der Waals surface area contributed by atoms with Crippen LogP contribution in [0.5, 0.6) is 0 Å². The SMILES string of the molecule is C[C@@]12C[C@H]3OCC[C@]3(CCO1)O2. The number of hydrogen-bond donors (Lipinski definition) is 0. The fraction of sp³-hybridized carbons (Fsp3) is 1.00. The molecule has 0 aromatic heterocycles. The van der Waals surface area contributed by atoms with E-state index in [1.807, 2.05) is 6.92 Å². The van der Waals surface area contributed by atoms with E-state index in [2.05, 4.69) is 0 Å². The van der Waals surface area contributed by atoms with Gasteiger partial charge in [0.25, 0.3) is 0 Å². The molecule has 3 fully saturated rings. The van der Waals surface area contributed by atoms with Crippen LogP contribution in [0.3, 0.4) is 0 Å². The molecule has 68 valence electrons. The predicted molar refractivity (Wildman–Crippen MR) is 41.8 cm³/mol. The number of rotatable bonds is 0. The van der Waals surface area contributed by atoms with Crippen molar-refractivity contribution in [2.75, 3.05) is 13.2 Å². The summed E-state index contributed by atoms with van der Waals surface area (Å²) in [6, 6.07) is 0. The zero-order chi connectivity index (χ0) is 8.23. The third-order valence-electron chi connectivity index (χ3n) is 3.34. The highest BCUT2D eigenvalue weighted by Crippen LogP contribution is 2.50. The average Bonchev–Trinajstić information content (AvgIpc) is 2.39. The van der Waals surface area contributed by atoms with Crippen LogP contribution in [0.2, 0.25) is 0 Å². The molecule has 2 bridgehead atoms. The smallest absolute Gasteiger partial charge is 0.168 e. The van der Waals surface area contributed by atoms with Gasteiger partial charge in [-0.15, -0.1) is 0 Å².